The van der Waals surface area contributed by atoms with E-state index in [0.29, 0.717) is 11.1 Å². The van der Waals surface area contributed by atoms with Crippen LogP contribution in [0.5, 0.6) is 0 Å². The van der Waals surface area contributed by atoms with Crippen LogP contribution in [0.2, 0.25) is 0 Å². The van der Waals surface area contributed by atoms with Crippen molar-refractivity contribution in [2.45, 2.75) is 6.42 Å². The fourth-order valence-corrected chi connectivity index (χ4v) is 3.02. The van der Waals surface area contributed by atoms with Gasteiger partial charge in [0.05, 0.1) is 12.0 Å². The van der Waals surface area contributed by atoms with Gasteiger partial charge in [0.1, 0.15) is 5.82 Å². The van der Waals surface area contributed by atoms with Crippen molar-refractivity contribution in [1.29, 1.82) is 0 Å². The quantitative estimate of drug-likeness (QED) is 0.511. The van der Waals surface area contributed by atoms with Gasteiger partial charge in [0, 0.05) is 26.0 Å². The van der Waals surface area contributed by atoms with Gasteiger partial charge in [-0.1, -0.05) is 12.1 Å². The molecule has 0 aliphatic carbocycles. The number of nitrogens with one attached hydrogen (secondary N) is 3. The number of benzene rings is 2. The van der Waals surface area contributed by atoms with Gasteiger partial charge in [-0.05, 0) is 61.7 Å². The predicted octanol–water partition coefficient (Wildman–Crippen LogP) is 3.84. The van der Waals surface area contributed by atoms with Crippen LogP contribution in [0.1, 0.15) is 15.9 Å². The van der Waals surface area contributed by atoms with Crippen molar-refractivity contribution in [2.75, 3.05) is 0 Å². The Morgan fingerprint density at radius 3 is 2.44 bits per heavy atom. The lowest BCUT2D eigenvalue weighted by Gasteiger charge is -2.07. The molecular weight excluding hydrogens is 457 g/mol. The van der Waals surface area contributed by atoms with Crippen molar-refractivity contribution in [2.24, 2.45) is 0 Å². The van der Waals surface area contributed by atoms with E-state index in [1.807, 2.05) is 12.1 Å². The summed E-state index contributed by atoms with van der Waals surface area (Å²) >= 11 is 6.80. The van der Waals surface area contributed by atoms with Crippen LogP contribution < -0.4 is 10.9 Å². The third-order valence-electron chi connectivity index (χ3n) is 3.56. The van der Waals surface area contributed by atoms with E-state index in [4.69, 9.17) is 0 Å². The number of aromatic nitrogens is 1. The highest BCUT2D eigenvalue weighted by Gasteiger charge is 2.14. The van der Waals surface area contributed by atoms with E-state index in [0.717, 1.165) is 19.8 Å². The van der Waals surface area contributed by atoms with Gasteiger partial charge in [-0.15, -0.1) is 0 Å². The lowest BCUT2D eigenvalue weighted by molar-refractivity contribution is -0.121. The Labute approximate surface area is 159 Å². The van der Waals surface area contributed by atoms with E-state index < -0.39 is 11.8 Å². The van der Waals surface area contributed by atoms with Crippen LogP contribution >= 0.6 is 31.9 Å². The third-order valence-corrected chi connectivity index (χ3v) is 5.40. The average Bonchev–Trinajstić information content (AvgIpc) is 2.98. The number of fused-ring (bicyclic) bond motifs is 1. The number of hydrogen-bond acceptors (Lipinski definition) is 2. The molecule has 2 amide bonds. The van der Waals surface area contributed by atoms with E-state index in [-0.39, 0.29) is 12.2 Å². The molecule has 3 aromatic rings. The first-order valence-electron chi connectivity index (χ1n) is 7.24. The van der Waals surface area contributed by atoms with E-state index in [1.165, 1.54) is 24.3 Å². The molecule has 5 nitrogen and oxygen atoms in total. The van der Waals surface area contributed by atoms with E-state index in [2.05, 4.69) is 47.7 Å². The maximum absolute atomic E-state index is 12.8. The minimum Gasteiger partial charge on any atom is -0.360 e. The Morgan fingerprint density at radius 2 is 1.72 bits per heavy atom. The minimum atomic E-state index is -0.437. The Kier molecular flexibility index (Phi) is 5.19. The van der Waals surface area contributed by atoms with Gasteiger partial charge in [-0.3, -0.25) is 20.4 Å². The number of carbonyl (C=O) groups is 2. The number of rotatable bonds is 3. The molecule has 0 spiro atoms. The van der Waals surface area contributed by atoms with Gasteiger partial charge in [0.25, 0.3) is 5.91 Å². The summed E-state index contributed by atoms with van der Waals surface area (Å²) in [6.07, 6.45) is 1.61. The summed E-state index contributed by atoms with van der Waals surface area (Å²) in [7, 11) is 0. The molecule has 0 aliphatic rings. The van der Waals surface area contributed by atoms with Gasteiger partial charge < -0.3 is 4.98 Å². The average molecular weight is 469 g/mol. The first-order valence-corrected chi connectivity index (χ1v) is 8.82. The van der Waals surface area contributed by atoms with Crippen LogP contribution in [0.4, 0.5) is 4.39 Å². The fraction of sp³-hybridized carbons (Fsp3) is 0.0588. The van der Waals surface area contributed by atoms with Gasteiger partial charge in [0.2, 0.25) is 5.91 Å². The SMILES string of the molecule is O=C(Cc1ccc(F)cc1)NNC(=O)c1c[nH]c2cc(Br)c(Br)cc12. The summed E-state index contributed by atoms with van der Waals surface area (Å²) < 4.78 is 14.5. The van der Waals surface area contributed by atoms with Crippen LogP contribution in [0, 0.1) is 5.82 Å². The summed E-state index contributed by atoms with van der Waals surface area (Å²) in [6, 6.07) is 9.26. The van der Waals surface area contributed by atoms with Crippen LogP contribution in [-0.4, -0.2) is 16.8 Å². The Balaban J connectivity index is 1.65. The standard InChI is InChI=1S/C17H12Br2FN3O2/c18-13-6-11-12(8-21-15(11)7-14(13)19)17(25)23-22-16(24)5-9-1-3-10(20)4-2-9/h1-4,6-8,21H,5H2,(H,22,24)(H,23,25). The molecule has 0 saturated carbocycles. The highest BCUT2D eigenvalue weighted by Crippen LogP contribution is 2.29. The second-order valence-electron chi connectivity index (χ2n) is 5.32. The molecule has 25 heavy (non-hydrogen) atoms. The Bertz CT molecular complexity index is 954. The largest absolute Gasteiger partial charge is 0.360 e. The number of amides is 2. The van der Waals surface area contributed by atoms with Crippen LogP contribution in [-0.2, 0) is 11.2 Å². The zero-order chi connectivity index (χ0) is 18.0. The molecule has 128 valence electrons. The zero-order valence-electron chi connectivity index (χ0n) is 12.7. The maximum Gasteiger partial charge on any atom is 0.271 e. The summed E-state index contributed by atoms with van der Waals surface area (Å²) in [4.78, 5) is 27.2. The first kappa shape index (κ1) is 17.6. The molecule has 3 N–H and O–H groups in total. The summed E-state index contributed by atoms with van der Waals surface area (Å²) in [5, 5.41) is 0.723. The highest BCUT2D eigenvalue weighted by molar-refractivity contribution is 9.13. The fourth-order valence-electron chi connectivity index (χ4n) is 2.33. The lowest BCUT2D eigenvalue weighted by atomic mass is 10.1. The molecule has 2 aromatic carbocycles. The second kappa shape index (κ2) is 7.37. The lowest BCUT2D eigenvalue weighted by Crippen LogP contribution is -2.42. The molecule has 0 bridgehead atoms. The van der Waals surface area contributed by atoms with Crippen LogP contribution in [0.3, 0.4) is 0 Å². The normalized spacial score (nSPS) is 10.7. The number of carbonyl (C=O) groups excluding carboxylic acids is 2. The molecular formula is C17H12Br2FN3O2. The van der Waals surface area contributed by atoms with Gasteiger partial charge >= 0.3 is 0 Å². The van der Waals surface area contributed by atoms with Crippen LogP contribution in [0.15, 0.2) is 51.5 Å². The van der Waals surface area contributed by atoms with Crippen molar-refractivity contribution in [3.63, 3.8) is 0 Å². The van der Waals surface area contributed by atoms with E-state index in [1.54, 1.807) is 6.20 Å². The van der Waals surface area contributed by atoms with Gasteiger partial charge in [0.15, 0.2) is 0 Å². The smallest absolute Gasteiger partial charge is 0.271 e. The Morgan fingerprint density at radius 1 is 1.04 bits per heavy atom. The number of aromatic amines is 1. The first-order chi connectivity index (χ1) is 11.9. The van der Waals surface area contributed by atoms with Crippen molar-refractivity contribution in [3.05, 3.63) is 68.5 Å². The second-order valence-corrected chi connectivity index (χ2v) is 7.03. The Hall–Kier alpha value is -2.19. The monoisotopic (exact) mass is 467 g/mol. The number of hydrazine groups is 1. The molecule has 0 saturated heterocycles. The third kappa shape index (κ3) is 4.08. The van der Waals surface area contributed by atoms with Crippen molar-refractivity contribution >= 4 is 54.6 Å². The van der Waals surface area contributed by atoms with Gasteiger partial charge in [-0.25, -0.2) is 4.39 Å². The molecule has 0 unspecified atom stereocenters. The van der Waals surface area contributed by atoms with Crippen molar-refractivity contribution in [1.82, 2.24) is 15.8 Å². The molecule has 1 heterocycles. The highest BCUT2D eigenvalue weighted by atomic mass is 79.9. The molecule has 0 aliphatic heterocycles. The minimum absolute atomic E-state index is 0.0347. The van der Waals surface area contributed by atoms with E-state index >= 15 is 0 Å². The van der Waals surface area contributed by atoms with E-state index in [9.17, 15) is 14.0 Å². The summed E-state index contributed by atoms with van der Waals surface area (Å²) in [5.41, 5.74) is 6.59. The molecule has 8 heteroatoms. The number of hydrogen-bond donors (Lipinski definition) is 3. The molecule has 0 fully saturated rings. The molecule has 3 rings (SSSR count). The molecule has 1 aromatic heterocycles. The van der Waals surface area contributed by atoms with Crippen molar-refractivity contribution < 1.29 is 14.0 Å². The summed E-state index contributed by atoms with van der Waals surface area (Å²) in [6.45, 7) is 0. The summed E-state index contributed by atoms with van der Waals surface area (Å²) in [5.74, 6) is -1.20. The zero-order valence-corrected chi connectivity index (χ0v) is 15.9. The molecule has 0 atom stereocenters. The topological polar surface area (TPSA) is 74.0 Å². The van der Waals surface area contributed by atoms with Crippen molar-refractivity contribution in [3.8, 4) is 0 Å². The number of H-pyrrole nitrogens is 1. The molecule has 0 radical (unpaired) electrons. The number of halogens is 3. The maximum atomic E-state index is 12.8. The predicted molar refractivity (Wildman–Crippen MR) is 99.4 cm³/mol. The van der Waals surface area contributed by atoms with Crippen LogP contribution in [0.25, 0.3) is 10.9 Å². The van der Waals surface area contributed by atoms with Gasteiger partial charge in [-0.2, -0.15) is 0 Å².